The Morgan fingerprint density at radius 3 is 2.60 bits per heavy atom. The van der Waals surface area contributed by atoms with Crippen LogP contribution < -0.4 is 0 Å². The van der Waals surface area contributed by atoms with Gasteiger partial charge < -0.3 is 4.90 Å². The molecule has 1 nitrogen and oxygen atoms in total. The topological polar surface area (TPSA) is 3.24 Å². The Bertz CT molecular complexity index is 277. The second-order valence-corrected chi connectivity index (χ2v) is 4.79. The van der Waals surface area contributed by atoms with Gasteiger partial charge in [-0.1, -0.05) is 30.3 Å². The molecule has 0 saturated heterocycles. The minimum atomic E-state index is 1.02. The fourth-order valence-electron chi connectivity index (χ4n) is 2.03. The van der Waals surface area contributed by atoms with E-state index in [1.165, 1.54) is 44.3 Å². The summed E-state index contributed by atoms with van der Waals surface area (Å²) in [6, 6.07) is 10.8. The summed E-state index contributed by atoms with van der Waals surface area (Å²) in [5, 5.41) is 0. The fraction of sp³-hybridized carbons (Fsp3) is 0.571. The third kappa shape index (κ3) is 4.05. The molecule has 1 aliphatic carbocycles. The smallest absolute Gasteiger partial charge is 0.000661 e. The van der Waals surface area contributed by atoms with Crippen molar-refractivity contribution in [1.82, 2.24) is 4.90 Å². The second-order valence-electron chi connectivity index (χ2n) is 4.79. The van der Waals surface area contributed by atoms with Crippen molar-refractivity contribution < 1.29 is 0 Å². The highest BCUT2D eigenvalue weighted by molar-refractivity contribution is 5.14. The van der Waals surface area contributed by atoms with Crippen molar-refractivity contribution in [1.29, 1.82) is 0 Å². The molecule has 0 spiro atoms. The van der Waals surface area contributed by atoms with Gasteiger partial charge in [0, 0.05) is 6.54 Å². The maximum Gasteiger partial charge on any atom is 0.000661 e. The molecule has 0 atom stereocenters. The van der Waals surface area contributed by atoms with Crippen LogP contribution in [0.4, 0.5) is 0 Å². The summed E-state index contributed by atoms with van der Waals surface area (Å²) >= 11 is 0. The molecule has 1 aliphatic rings. The van der Waals surface area contributed by atoms with Crippen LogP contribution in [0.3, 0.4) is 0 Å². The minimum Gasteiger partial charge on any atom is -0.306 e. The molecule has 1 aromatic rings. The predicted molar refractivity (Wildman–Crippen MR) is 65.0 cm³/mol. The van der Waals surface area contributed by atoms with Crippen LogP contribution in [0.2, 0.25) is 0 Å². The lowest BCUT2D eigenvalue weighted by atomic mass is 10.1. The zero-order chi connectivity index (χ0) is 10.5. The average Bonchev–Trinajstić information content (AvgIpc) is 3.03. The Balaban J connectivity index is 1.61. The second kappa shape index (κ2) is 5.32. The number of rotatable bonds is 6. The van der Waals surface area contributed by atoms with Crippen LogP contribution in [0.15, 0.2) is 30.3 Å². The lowest BCUT2D eigenvalue weighted by molar-refractivity contribution is 0.316. The first-order valence-electron chi connectivity index (χ1n) is 6.07. The van der Waals surface area contributed by atoms with E-state index in [1.54, 1.807) is 0 Å². The van der Waals surface area contributed by atoms with Gasteiger partial charge in [-0.15, -0.1) is 0 Å². The lowest BCUT2D eigenvalue weighted by Gasteiger charge is -2.15. The highest BCUT2D eigenvalue weighted by atomic mass is 15.1. The first-order chi connectivity index (χ1) is 7.34. The molecule has 0 aromatic heterocycles. The first-order valence-corrected chi connectivity index (χ1v) is 6.07. The van der Waals surface area contributed by atoms with E-state index < -0.39 is 0 Å². The summed E-state index contributed by atoms with van der Waals surface area (Å²) in [6.07, 6.45) is 5.43. The molecule has 1 saturated carbocycles. The van der Waals surface area contributed by atoms with E-state index in [2.05, 4.69) is 42.3 Å². The summed E-state index contributed by atoms with van der Waals surface area (Å²) < 4.78 is 0. The van der Waals surface area contributed by atoms with E-state index in [1.807, 2.05) is 0 Å². The molecule has 0 unspecified atom stereocenters. The molecule has 0 aliphatic heterocycles. The van der Waals surface area contributed by atoms with Gasteiger partial charge >= 0.3 is 0 Å². The number of benzene rings is 1. The van der Waals surface area contributed by atoms with Crippen LogP contribution in [0.25, 0.3) is 0 Å². The first kappa shape index (κ1) is 10.7. The maximum absolute atomic E-state index is 2.49. The van der Waals surface area contributed by atoms with Crippen LogP contribution in [0.5, 0.6) is 0 Å². The molecular formula is C14H21N. The molecule has 2 rings (SSSR count). The third-order valence-corrected chi connectivity index (χ3v) is 3.11. The summed E-state index contributed by atoms with van der Waals surface area (Å²) in [7, 11) is 2.25. The van der Waals surface area contributed by atoms with Gasteiger partial charge in [-0.05, 0) is 50.8 Å². The number of hydrogen-bond donors (Lipinski definition) is 0. The highest BCUT2D eigenvalue weighted by Crippen LogP contribution is 2.29. The quantitative estimate of drug-likeness (QED) is 0.687. The Labute approximate surface area is 93.1 Å². The zero-order valence-electron chi connectivity index (χ0n) is 9.65. The molecule has 1 heteroatoms. The van der Waals surface area contributed by atoms with E-state index in [0.29, 0.717) is 0 Å². The average molecular weight is 203 g/mol. The van der Waals surface area contributed by atoms with E-state index in [-0.39, 0.29) is 0 Å². The van der Waals surface area contributed by atoms with Gasteiger partial charge in [0.1, 0.15) is 0 Å². The molecule has 82 valence electrons. The van der Waals surface area contributed by atoms with E-state index in [0.717, 1.165) is 5.92 Å². The largest absolute Gasteiger partial charge is 0.306 e. The van der Waals surface area contributed by atoms with E-state index >= 15 is 0 Å². The molecule has 0 radical (unpaired) electrons. The van der Waals surface area contributed by atoms with Crippen molar-refractivity contribution in [3.8, 4) is 0 Å². The van der Waals surface area contributed by atoms with Crippen molar-refractivity contribution in [2.24, 2.45) is 5.92 Å². The molecule has 0 bridgehead atoms. The molecule has 15 heavy (non-hydrogen) atoms. The molecule has 0 amide bonds. The van der Waals surface area contributed by atoms with Crippen LogP contribution in [-0.2, 0) is 6.42 Å². The van der Waals surface area contributed by atoms with Gasteiger partial charge in [0.05, 0.1) is 0 Å². The van der Waals surface area contributed by atoms with Crippen molar-refractivity contribution in [2.45, 2.75) is 25.7 Å². The minimum absolute atomic E-state index is 1.02. The van der Waals surface area contributed by atoms with Gasteiger partial charge in [-0.3, -0.25) is 0 Å². The van der Waals surface area contributed by atoms with Crippen LogP contribution in [0.1, 0.15) is 24.8 Å². The Kier molecular flexibility index (Phi) is 3.79. The summed E-state index contributed by atoms with van der Waals surface area (Å²) in [5.41, 5.74) is 1.47. The van der Waals surface area contributed by atoms with Crippen LogP contribution in [0, 0.1) is 5.92 Å². The van der Waals surface area contributed by atoms with Crippen molar-refractivity contribution in [2.75, 3.05) is 20.1 Å². The molecule has 1 fully saturated rings. The van der Waals surface area contributed by atoms with E-state index in [9.17, 15) is 0 Å². The SMILES string of the molecule is CN(CCCc1ccccc1)CC1CC1. The highest BCUT2D eigenvalue weighted by Gasteiger charge is 2.22. The maximum atomic E-state index is 2.49. The van der Waals surface area contributed by atoms with Crippen molar-refractivity contribution >= 4 is 0 Å². The van der Waals surface area contributed by atoms with Gasteiger partial charge in [0.15, 0.2) is 0 Å². The van der Waals surface area contributed by atoms with Gasteiger partial charge in [-0.25, -0.2) is 0 Å². The Morgan fingerprint density at radius 2 is 1.93 bits per heavy atom. The van der Waals surface area contributed by atoms with Crippen LogP contribution >= 0.6 is 0 Å². The molecule has 1 aromatic carbocycles. The van der Waals surface area contributed by atoms with Crippen LogP contribution in [-0.4, -0.2) is 25.0 Å². The van der Waals surface area contributed by atoms with Gasteiger partial charge in [0.2, 0.25) is 0 Å². The van der Waals surface area contributed by atoms with Crippen molar-refractivity contribution in [3.63, 3.8) is 0 Å². The number of aryl methyl sites for hydroxylation is 1. The summed E-state index contributed by atoms with van der Waals surface area (Å²) in [5.74, 6) is 1.02. The lowest BCUT2D eigenvalue weighted by Crippen LogP contribution is -2.22. The number of nitrogens with zero attached hydrogens (tertiary/aromatic N) is 1. The van der Waals surface area contributed by atoms with E-state index in [4.69, 9.17) is 0 Å². The Hall–Kier alpha value is -0.820. The number of hydrogen-bond acceptors (Lipinski definition) is 1. The predicted octanol–water partition coefficient (Wildman–Crippen LogP) is 2.96. The normalized spacial score (nSPS) is 15.9. The summed E-state index contributed by atoms with van der Waals surface area (Å²) in [6.45, 7) is 2.56. The van der Waals surface area contributed by atoms with Crippen molar-refractivity contribution in [3.05, 3.63) is 35.9 Å². The third-order valence-electron chi connectivity index (χ3n) is 3.11. The van der Waals surface area contributed by atoms with Gasteiger partial charge in [0.25, 0.3) is 0 Å². The zero-order valence-corrected chi connectivity index (χ0v) is 9.65. The monoisotopic (exact) mass is 203 g/mol. The molecular weight excluding hydrogens is 182 g/mol. The van der Waals surface area contributed by atoms with Gasteiger partial charge in [-0.2, -0.15) is 0 Å². The molecule has 0 heterocycles. The standard InChI is InChI=1S/C14H21N/c1-15(12-14-9-10-14)11-5-8-13-6-3-2-4-7-13/h2-4,6-7,14H,5,8-12H2,1H3. The fourth-order valence-corrected chi connectivity index (χ4v) is 2.03. The summed E-state index contributed by atoms with van der Waals surface area (Å²) in [4.78, 5) is 2.49. The Morgan fingerprint density at radius 1 is 1.20 bits per heavy atom. The molecule has 0 N–H and O–H groups in total.